The molecule has 1 rings (SSSR count). The smallest absolute Gasteiger partial charge is 0.233 e. The number of hydrogen-bond acceptors (Lipinski definition) is 4. The minimum absolute atomic E-state index is 0.000517. The van der Waals surface area contributed by atoms with Crippen LogP contribution in [0.1, 0.15) is 26.2 Å². The van der Waals surface area contributed by atoms with Crippen molar-refractivity contribution < 1.29 is 14.6 Å². The van der Waals surface area contributed by atoms with Crippen molar-refractivity contribution in [1.29, 1.82) is 0 Å². The second-order valence-corrected chi connectivity index (χ2v) is 5.09. The fourth-order valence-corrected chi connectivity index (χ4v) is 1.50. The molecule has 0 bridgehead atoms. The predicted molar refractivity (Wildman–Crippen MR) is 65.7 cm³/mol. The maximum Gasteiger partial charge on any atom is 0.233 e. The molecule has 3 N–H and O–H groups in total. The number of carbonyl (C=O) groups is 1. The molecule has 0 saturated heterocycles. The lowest BCUT2D eigenvalue weighted by atomic mass is 10.0. The van der Waals surface area contributed by atoms with Gasteiger partial charge >= 0.3 is 0 Å². The number of carbonyl (C=O) groups excluding carboxylic acids is 1. The largest absolute Gasteiger partial charge is 0.389 e. The molecule has 0 heterocycles. The van der Waals surface area contributed by atoms with E-state index in [1.165, 1.54) is 12.8 Å². The second-order valence-electron chi connectivity index (χ2n) is 5.09. The summed E-state index contributed by atoms with van der Waals surface area (Å²) in [5.74, 6) is 0.697. The van der Waals surface area contributed by atoms with E-state index in [2.05, 4.69) is 10.6 Å². The molecule has 1 atom stereocenters. The van der Waals surface area contributed by atoms with Crippen molar-refractivity contribution >= 4 is 5.91 Å². The van der Waals surface area contributed by atoms with Crippen LogP contribution in [-0.4, -0.2) is 50.0 Å². The first-order valence-electron chi connectivity index (χ1n) is 6.22. The van der Waals surface area contributed by atoms with Crippen molar-refractivity contribution in [2.24, 2.45) is 5.92 Å². The number of hydrogen-bond donors (Lipinski definition) is 3. The normalized spacial score (nSPS) is 18.8. The summed E-state index contributed by atoms with van der Waals surface area (Å²) in [6, 6.07) is 0. The summed E-state index contributed by atoms with van der Waals surface area (Å²) in [6.45, 7) is 3.70. The summed E-state index contributed by atoms with van der Waals surface area (Å²) in [5.41, 5.74) is -0.827. The van der Waals surface area contributed by atoms with Crippen LogP contribution in [0.15, 0.2) is 0 Å². The Bertz CT molecular complexity index is 240. The van der Waals surface area contributed by atoms with Gasteiger partial charge in [-0.3, -0.25) is 4.79 Å². The Morgan fingerprint density at radius 1 is 1.53 bits per heavy atom. The minimum Gasteiger partial charge on any atom is -0.389 e. The van der Waals surface area contributed by atoms with Crippen LogP contribution in [0.2, 0.25) is 0 Å². The maximum atomic E-state index is 11.4. The van der Waals surface area contributed by atoms with E-state index in [0.717, 1.165) is 6.54 Å². The third kappa shape index (κ3) is 7.31. The fraction of sp³-hybridized carbons (Fsp3) is 0.917. The molecular formula is C12H24N2O3. The monoisotopic (exact) mass is 244 g/mol. The van der Waals surface area contributed by atoms with Gasteiger partial charge in [0.25, 0.3) is 0 Å². The SMILES string of the molecule is COCCC(C)(O)CNCC(=O)NCC1CC1. The number of rotatable bonds is 9. The highest BCUT2D eigenvalue weighted by molar-refractivity contribution is 5.77. The molecule has 1 amide bonds. The lowest BCUT2D eigenvalue weighted by Crippen LogP contribution is -2.43. The Kier molecular flexibility index (Phi) is 5.88. The summed E-state index contributed by atoms with van der Waals surface area (Å²) >= 11 is 0. The van der Waals surface area contributed by atoms with Gasteiger partial charge in [0.05, 0.1) is 12.1 Å². The zero-order valence-electron chi connectivity index (χ0n) is 10.8. The molecule has 0 spiro atoms. The van der Waals surface area contributed by atoms with E-state index in [1.54, 1.807) is 14.0 Å². The van der Waals surface area contributed by atoms with Crippen molar-refractivity contribution in [3.05, 3.63) is 0 Å². The lowest BCUT2D eigenvalue weighted by Gasteiger charge is -2.23. The van der Waals surface area contributed by atoms with Crippen LogP contribution in [0, 0.1) is 5.92 Å². The molecule has 0 aliphatic heterocycles. The van der Waals surface area contributed by atoms with Crippen LogP contribution < -0.4 is 10.6 Å². The van der Waals surface area contributed by atoms with Crippen LogP contribution in [0.25, 0.3) is 0 Å². The molecule has 17 heavy (non-hydrogen) atoms. The molecule has 0 radical (unpaired) electrons. The third-order valence-corrected chi connectivity index (χ3v) is 2.92. The van der Waals surface area contributed by atoms with Crippen molar-refractivity contribution in [1.82, 2.24) is 10.6 Å². The van der Waals surface area contributed by atoms with Crippen molar-refractivity contribution in [3.63, 3.8) is 0 Å². The summed E-state index contributed by atoms with van der Waals surface area (Å²) < 4.78 is 4.91. The van der Waals surface area contributed by atoms with Gasteiger partial charge in [0.1, 0.15) is 0 Å². The second kappa shape index (κ2) is 6.93. The number of methoxy groups -OCH3 is 1. The predicted octanol–water partition coefficient (Wildman–Crippen LogP) is -0.110. The van der Waals surface area contributed by atoms with E-state index in [1.807, 2.05) is 0 Å². The summed E-state index contributed by atoms with van der Waals surface area (Å²) in [4.78, 5) is 11.4. The Hall–Kier alpha value is -0.650. The average molecular weight is 244 g/mol. The molecule has 5 nitrogen and oxygen atoms in total. The number of amides is 1. The zero-order chi connectivity index (χ0) is 12.7. The first kappa shape index (κ1) is 14.4. The van der Waals surface area contributed by atoms with E-state index in [0.29, 0.717) is 25.5 Å². The Labute approximate surface area is 103 Å². The molecule has 5 heteroatoms. The molecule has 1 unspecified atom stereocenters. The van der Waals surface area contributed by atoms with E-state index in [4.69, 9.17) is 4.74 Å². The van der Waals surface area contributed by atoms with Gasteiger partial charge < -0.3 is 20.5 Å². The van der Waals surface area contributed by atoms with E-state index >= 15 is 0 Å². The van der Waals surface area contributed by atoms with Gasteiger partial charge in [-0.2, -0.15) is 0 Å². The van der Waals surface area contributed by atoms with E-state index in [-0.39, 0.29) is 12.5 Å². The van der Waals surface area contributed by atoms with Crippen LogP contribution >= 0.6 is 0 Å². The Morgan fingerprint density at radius 3 is 2.82 bits per heavy atom. The van der Waals surface area contributed by atoms with Gasteiger partial charge in [0.15, 0.2) is 0 Å². The molecule has 0 aromatic rings. The maximum absolute atomic E-state index is 11.4. The summed E-state index contributed by atoms with van der Waals surface area (Å²) in [6.07, 6.45) is 3.03. The van der Waals surface area contributed by atoms with Gasteiger partial charge in [-0.1, -0.05) is 0 Å². The van der Waals surface area contributed by atoms with Gasteiger partial charge in [-0.05, 0) is 25.7 Å². The van der Waals surface area contributed by atoms with E-state index in [9.17, 15) is 9.90 Å². The third-order valence-electron chi connectivity index (χ3n) is 2.92. The Morgan fingerprint density at radius 2 is 2.24 bits per heavy atom. The Balaban J connectivity index is 2.02. The standard InChI is InChI=1S/C12H24N2O3/c1-12(16,5-6-17-2)9-13-8-11(15)14-7-10-3-4-10/h10,13,16H,3-9H2,1-2H3,(H,14,15). The minimum atomic E-state index is -0.827. The van der Waals surface area contributed by atoms with Gasteiger partial charge in [0, 0.05) is 33.2 Å². The van der Waals surface area contributed by atoms with Crippen molar-refractivity contribution in [2.75, 3.05) is 33.4 Å². The molecule has 100 valence electrons. The fourth-order valence-electron chi connectivity index (χ4n) is 1.50. The van der Waals surface area contributed by atoms with Crippen LogP contribution in [0.5, 0.6) is 0 Å². The van der Waals surface area contributed by atoms with Gasteiger partial charge in [0.2, 0.25) is 5.91 Å². The molecule has 0 aromatic carbocycles. The molecule has 0 aromatic heterocycles. The zero-order valence-corrected chi connectivity index (χ0v) is 10.8. The molecule has 1 aliphatic carbocycles. The van der Waals surface area contributed by atoms with Crippen molar-refractivity contribution in [3.8, 4) is 0 Å². The quantitative estimate of drug-likeness (QED) is 0.529. The molecule has 1 aliphatic rings. The first-order chi connectivity index (χ1) is 8.03. The highest BCUT2D eigenvalue weighted by Gasteiger charge is 2.22. The van der Waals surface area contributed by atoms with Crippen LogP contribution in [0.3, 0.4) is 0 Å². The molecule has 1 saturated carbocycles. The number of nitrogens with one attached hydrogen (secondary N) is 2. The van der Waals surface area contributed by atoms with Gasteiger partial charge in [-0.25, -0.2) is 0 Å². The van der Waals surface area contributed by atoms with Crippen molar-refractivity contribution in [2.45, 2.75) is 31.8 Å². The average Bonchev–Trinajstić information content (AvgIpc) is 3.07. The lowest BCUT2D eigenvalue weighted by molar-refractivity contribution is -0.120. The number of ether oxygens (including phenoxy) is 1. The summed E-state index contributed by atoms with van der Waals surface area (Å²) in [5, 5.41) is 15.7. The highest BCUT2D eigenvalue weighted by atomic mass is 16.5. The van der Waals surface area contributed by atoms with Gasteiger partial charge in [-0.15, -0.1) is 0 Å². The molecule has 1 fully saturated rings. The van der Waals surface area contributed by atoms with Crippen LogP contribution in [-0.2, 0) is 9.53 Å². The topological polar surface area (TPSA) is 70.6 Å². The first-order valence-corrected chi connectivity index (χ1v) is 6.22. The highest BCUT2D eigenvalue weighted by Crippen LogP contribution is 2.27. The summed E-state index contributed by atoms with van der Waals surface area (Å²) in [7, 11) is 1.61. The van der Waals surface area contributed by atoms with E-state index < -0.39 is 5.60 Å². The molecular weight excluding hydrogens is 220 g/mol. The van der Waals surface area contributed by atoms with Crippen LogP contribution in [0.4, 0.5) is 0 Å². The number of aliphatic hydroxyl groups is 1.